The molecule has 0 saturated heterocycles. The average Bonchev–Trinajstić information content (AvgIpc) is 3.34. The zero-order valence-corrected chi connectivity index (χ0v) is 14.9. The lowest BCUT2D eigenvalue weighted by molar-refractivity contribution is -0.402. The molecular weight excluding hydrogens is 376 g/mol. The Morgan fingerprint density at radius 1 is 1.21 bits per heavy atom. The molecule has 10 heteroatoms. The fourth-order valence-corrected chi connectivity index (χ4v) is 2.78. The molecule has 0 bridgehead atoms. The topological polar surface area (TPSA) is 128 Å². The quantitative estimate of drug-likeness (QED) is 0.306. The number of aromatic nitrogens is 3. The Labute approximate surface area is 163 Å². The van der Waals surface area contributed by atoms with E-state index >= 15 is 0 Å². The van der Waals surface area contributed by atoms with E-state index in [9.17, 15) is 14.9 Å². The molecule has 144 valence electrons. The van der Waals surface area contributed by atoms with Crippen molar-refractivity contribution in [3.8, 4) is 11.5 Å². The van der Waals surface area contributed by atoms with E-state index in [0.29, 0.717) is 11.5 Å². The highest BCUT2D eigenvalue weighted by molar-refractivity contribution is 5.85. The van der Waals surface area contributed by atoms with Gasteiger partial charge in [-0.05, 0) is 30.3 Å². The van der Waals surface area contributed by atoms with Crippen LogP contribution in [0.3, 0.4) is 0 Å². The highest BCUT2D eigenvalue weighted by Crippen LogP contribution is 2.23. The van der Waals surface area contributed by atoms with Crippen LogP contribution in [0.2, 0.25) is 0 Å². The zero-order chi connectivity index (χ0) is 20.2. The van der Waals surface area contributed by atoms with Gasteiger partial charge in [-0.25, -0.2) is 10.4 Å². The van der Waals surface area contributed by atoms with E-state index < -0.39 is 16.7 Å². The zero-order valence-electron chi connectivity index (χ0n) is 14.9. The molecule has 29 heavy (non-hydrogen) atoms. The number of benzene rings is 1. The van der Waals surface area contributed by atoms with E-state index in [2.05, 4.69) is 20.5 Å². The summed E-state index contributed by atoms with van der Waals surface area (Å²) >= 11 is 0. The Hall–Kier alpha value is -4.34. The number of hydrogen-bond donors (Lipinski definition) is 1. The van der Waals surface area contributed by atoms with E-state index in [4.69, 9.17) is 4.42 Å². The maximum absolute atomic E-state index is 12.4. The number of pyridine rings is 1. The van der Waals surface area contributed by atoms with Crippen molar-refractivity contribution >= 4 is 29.0 Å². The molecule has 0 saturated carbocycles. The van der Waals surface area contributed by atoms with Crippen molar-refractivity contribution in [1.29, 1.82) is 0 Å². The number of carbonyl (C=O) groups excluding carboxylic acids is 1. The van der Waals surface area contributed by atoms with Gasteiger partial charge >= 0.3 is 5.88 Å². The molecule has 0 aliphatic rings. The van der Waals surface area contributed by atoms with Gasteiger partial charge in [-0.2, -0.15) is 5.10 Å². The summed E-state index contributed by atoms with van der Waals surface area (Å²) in [4.78, 5) is 31.3. The van der Waals surface area contributed by atoms with Crippen LogP contribution >= 0.6 is 0 Å². The van der Waals surface area contributed by atoms with E-state index in [1.54, 1.807) is 16.8 Å². The molecule has 3 aromatic heterocycles. The lowest BCUT2D eigenvalue weighted by atomic mass is 10.3. The van der Waals surface area contributed by atoms with Gasteiger partial charge in [0.15, 0.2) is 11.6 Å². The summed E-state index contributed by atoms with van der Waals surface area (Å²) in [6.07, 6.45) is 2.85. The van der Waals surface area contributed by atoms with Crippen molar-refractivity contribution < 1.29 is 14.1 Å². The maximum Gasteiger partial charge on any atom is 0.433 e. The number of hydrogen-bond acceptors (Lipinski definition) is 7. The number of nitro groups is 1. The third kappa shape index (κ3) is 3.86. The number of rotatable bonds is 6. The maximum atomic E-state index is 12.4. The number of nitrogens with zero attached hydrogens (tertiary/aromatic N) is 5. The number of carbonyl (C=O) groups is 1. The first-order valence-corrected chi connectivity index (χ1v) is 8.54. The minimum absolute atomic E-state index is 0.0396. The van der Waals surface area contributed by atoms with E-state index in [-0.39, 0.29) is 12.3 Å². The summed E-state index contributed by atoms with van der Waals surface area (Å²) in [6, 6.07) is 15.5. The van der Waals surface area contributed by atoms with Crippen molar-refractivity contribution in [2.24, 2.45) is 5.10 Å². The lowest BCUT2D eigenvalue weighted by Gasteiger charge is -2.07. The fraction of sp³-hybridized carbons (Fsp3) is 0.0526. The van der Waals surface area contributed by atoms with Crippen molar-refractivity contribution in [1.82, 2.24) is 20.0 Å². The Bertz CT molecular complexity index is 1210. The molecule has 0 aliphatic carbocycles. The molecule has 10 nitrogen and oxygen atoms in total. The molecule has 0 unspecified atom stereocenters. The van der Waals surface area contributed by atoms with Gasteiger partial charge in [0.2, 0.25) is 0 Å². The summed E-state index contributed by atoms with van der Waals surface area (Å²) in [5.74, 6) is -0.0860. The van der Waals surface area contributed by atoms with Crippen LogP contribution < -0.4 is 5.43 Å². The highest BCUT2D eigenvalue weighted by Gasteiger charge is 2.16. The number of nitrogens with one attached hydrogen (secondary N) is 1. The molecule has 1 N–H and O–H groups in total. The van der Waals surface area contributed by atoms with Crippen LogP contribution in [0, 0.1) is 10.1 Å². The Kier molecular flexibility index (Phi) is 4.81. The molecule has 0 atom stereocenters. The summed E-state index contributed by atoms with van der Waals surface area (Å²) in [5.41, 5.74) is 4.55. The second-order valence-corrected chi connectivity index (χ2v) is 5.95. The predicted molar refractivity (Wildman–Crippen MR) is 104 cm³/mol. The minimum atomic E-state index is -0.654. The Morgan fingerprint density at radius 2 is 2.03 bits per heavy atom. The van der Waals surface area contributed by atoms with Crippen molar-refractivity contribution in [3.05, 3.63) is 76.7 Å². The SMILES string of the molecule is O=C(Cn1c(-c2ccccn2)nc2ccccc21)N/N=C\c1ccc([N+](=O)[O-])o1. The molecular formula is C19H14N6O4. The Morgan fingerprint density at radius 3 is 2.79 bits per heavy atom. The number of imidazole rings is 1. The van der Waals surface area contributed by atoms with Crippen LogP contribution in [-0.2, 0) is 11.3 Å². The molecule has 0 radical (unpaired) electrons. The largest absolute Gasteiger partial charge is 0.433 e. The first-order chi connectivity index (χ1) is 14.1. The summed E-state index contributed by atoms with van der Waals surface area (Å²) in [5, 5.41) is 14.4. The average molecular weight is 390 g/mol. The van der Waals surface area contributed by atoms with Crippen LogP contribution in [0.5, 0.6) is 0 Å². The smallest absolute Gasteiger partial charge is 0.400 e. The van der Waals surface area contributed by atoms with Gasteiger partial charge in [-0.15, -0.1) is 0 Å². The lowest BCUT2D eigenvalue weighted by Crippen LogP contribution is -2.23. The molecule has 0 fully saturated rings. The van der Waals surface area contributed by atoms with Gasteiger partial charge in [-0.3, -0.25) is 19.9 Å². The fourth-order valence-electron chi connectivity index (χ4n) is 2.78. The normalized spacial score (nSPS) is 11.2. The van der Waals surface area contributed by atoms with Gasteiger partial charge in [-0.1, -0.05) is 18.2 Å². The number of hydrazone groups is 1. The number of amides is 1. The van der Waals surface area contributed by atoms with Crippen LogP contribution in [-0.4, -0.2) is 31.6 Å². The molecule has 0 spiro atoms. The second kappa shape index (κ2) is 7.72. The van der Waals surface area contributed by atoms with Gasteiger partial charge < -0.3 is 8.98 Å². The number of furan rings is 1. The van der Waals surface area contributed by atoms with Gasteiger partial charge in [0.05, 0.1) is 23.3 Å². The van der Waals surface area contributed by atoms with Crippen LogP contribution in [0.1, 0.15) is 5.76 Å². The van der Waals surface area contributed by atoms with Crippen LogP contribution in [0.25, 0.3) is 22.6 Å². The van der Waals surface area contributed by atoms with E-state index in [1.807, 2.05) is 36.4 Å². The van der Waals surface area contributed by atoms with Crippen LogP contribution in [0.4, 0.5) is 5.88 Å². The highest BCUT2D eigenvalue weighted by atomic mass is 16.6. The minimum Gasteiger partial charge on any atom is -0.400 e. The third-order valence-electron chi connectivity index (χ3n) is 4.02. The second-order valence-electron chi connectivity index (χ2n) is 5.95. The van der Waals surface area contributed by atoms with Crippen LogP contribution in [0.15, 0.2) is 70.3 Å². The summed E-state index contributed by atoms with van der Waals surface area (Å²) < 4.78 is 6.69. The molecule has 1 aromatic carbocycles. The van der Waals surface area contributed by atoms with E-state index in [0.717, 1.165) is 11.0 Å². The predicted octanol–water partition coefficient (Wildman–Crippen LogP) is 2.75. The number of fused-ring (bicyclic) bond motifs is 1. The third-order valence-corrected chi connectivity index (χ3v) is 4.02. The summed E-state index contributed by atoms with van der Waals surface area (Å²) in [6.45, 7) is -0.0396. The molecule has 4 rings (SSSR count). The first kappa shape index (κ1) is 18.0. The molecule has 0 aliphatic heterocycles. The number of para-hydroxylation sites is 2. The van der Waals surface area contributed by atoms with Crippen molar-refractivity contribution in [2.75, 3.05) is 0 Å². The molecule has 4 aromatic rings. The summed E-state index contributed by atoms with van der Waals surface area (Å²) in [7, 11) is 0. The molecule has 1 amide bonds. The van der Waals surface area contributed by atoms with Crippen molar-refractivity contribution in [3.63, 3.8) is 0 Å². The van der Waals surface area contributed by atoms with Crippen molar-refractivity contribution in [2.45, 2.75) is 6.54 Å². The monoisotopic (exact) mass is 390 g/mol. The Balaban J connectivity index is 1.54. The van der Waals surface area contributed by atoms with Gasteiger partial charge in [0.25, 0.3) is 5.91 Å². The molecule has 3 heterocycles. The van der Waals surface area contributed by atoms with Gasteiger partial charge in [0.1, 0.15) is 17.2 Å². The van der Waals surface area contributed by atoms with Gasteiger partial charge in [0, 0.05) is 6.20 Å². The first-order valence-electron chi connectivity index (χ1n) is 8.54. The standard InChI is InChI=1S/C19H14N6O4/c26-17(23-21-11-13-8-9-18(29-13)25(27)28)12-24-16-7-2-1-5-14(16)22-19(24)15-6-3-4-10-20-15/h1-11H,12H2,(H,23,26)/b21-11-. The van der Waals surface area contributed by atoms with E-state index in [1.165, 1.54) is 18.3 Å².